The minimum atomic E-state index is -0.942. The number of methoxy groups -OCH3 is 1. The minimum Gasteiger partial charge on any atom is -0.497 e. The minimum absolute atomic E-state index is 0.0201. The van der Waals surface area contributed by atoms with E-state index in [-0.39, 0.29) is 32.8 Å². The SMILES string of the molecule is COc1ccc(-c2c3cc(F)ccc3c(-c3ccc(F)cc3F)c3c(F)ccc(F)c23)cc1. The van der Waals surface area contributed by atoms with Crippen LogP contribution < -0.4 is 4.74 Å². The Hall–Kier alpha value is -3.93. The highest BCUT2D eigenvalue weighted by atomic mass is 19.1. The molecule has 0 atom stereocenters. The van der Waals surface area contributed by atoms with Crippen molar-refractivity contribution in [1.82, 2.24) is 0 Å². The van der Waals surface area contributed by atoms with Crippen LogP contribution >= 0.6 is 0 Å². The van der Waals surface area contributed by atoms with Crippen molar-refractivity contribution in [2.24, 2.45) is 0 Å². The molecule has 5 rings (SSSR count). The summed E-state index contributed by atoms with van der Waals surface area (Å²) in [6.07, 6.45) is 0. The second-order valence-electron chi connectivity index (χ2n) is 7.57. The van der Waals surface area contributed by atoms with Crippen molar-refractivity contribution >= 4 is 21.5 Å². The highest BCUT2D eigenvalue weighted by Gasteiger charge is 2.24. The van der Waals surface area contributed by atoms with E-state index in [1.807, 2.05) is 0 Å². The van der Waals surface area contributed by atoms with Crippen molar-refractivity contribution in [3.8, 4) is 28.0 Å². The topological polar surface area (TPSA) is 9.23 Å². The molecule has 1 nitrogen and oxygen atoms in total. The van der Waals surface area contributed by atoms with Crippen molar-refractivity contribution < 1.29 is 26.7 Å². The molecule has 0 saturated heterocycles. The predicted octanol–water partition coefficient (Wildman–Crippen LogP) is 8.03. The first kappa shape index (κ1) is 20.9. The first-order valence-electron chi connectivity index (χ1n) is 10.0. The number of hydrogen-bond acceptors (Lipinski definition) is 1. The quantitative estimate of drug-likeness (QED) is 0.200. The molecule has 0 N–H and O–H groups in total. The maximum Gasteiger partial charge on any atom is 0.133 e. The molecule has 0 aliphatic rings. The molecule has 0 fully saturated rings. The Kier molecular flexibility index (Phi) is 5.01. The molecule has 0 amide bonds. The molecule has 6 heteroatoms. The zero-order valence-corrected chi connectivity index (χ0v) is 17.2. The molecule has 0 bridgehead atoms. The molecule has 164 valence electrons. The molecular formula is C27H15F5O. The van der Waals surface area contributed by atoms with Gasteiger partial charge in [-0.2, -0.15) is 0 Å². The molecular weight excluding hydrogens is 435 g/mol. The van der Waals surface area contributed by atoms with Gasteiger partial charge < -0.3 is 4.74 Å². The van der Waals surface area contributed by atoms with Gasteiger partial charge in [-0.05, 0) is 64.9 Å². The van der Waals surface area contributed by atoms with E-state index in [9.17, 15) is 13.2 Å². The van der Waals surface area contributed by atoms with Crippen molar-refractivity contribution in [3.05, 3.63) is 102 Å². The Labute approximate surface area is 185 Å². The van der Waals surface area contributed by atoms with Crippen molar-refractivity contribution in [1.29, 1.82) is 0 Å². The fourth-order valence-electron chi connectivity index (χ4n) is 4.28. The van der Waals surface area contributed by atoms with Gasteiger partial charge in [-0.25, -0.2) is 22.0 Å². The largest absolute Gasteiger partial charge is 0.497 e. The standard InChI is InChI=1S/C27H15F5O/c1-33-17-6-2-14(3-7-17)24-20-12-15(28)4-8-18(20)25(19-9-5-16(29)13-23(19)32)27-22(31)11-10-21(30)26(24)27/h2-13H,1H3. The van der Waals surface area contributed by atoms with Crippen LogP contribution in [0.15, 0.2) is 72.8 Å². The van der Waals surface area contributed by atoms with E-state index in [4.69, 9.17) is 4.74 Å². The lowest BCUT2D eigenvalue weighted by molar-refractivity contribution is 0.415. The van der Waals surface area contributed by atoms with Gasteiger partial charge in [0.15, 0.2) is 0 Å². The number of halogens is 5. The van der Waals surface area contributed by atoms with Crippen LogP contribution in [0.3, 0.4) is 0 Å². The normalized spacial score (nSPS) is 11.3. The lowest BCUT2D eigenvalue weighted by atomic mass is 9.85. The van der Waals surface area contributed by atoms with Crippen LogP contribution in [0.4, 0.5) is 22.0 Å². The van der Waals surface area contributed by atoms with E-state index in [1.165, 1.54) is 25.3 Å². The summed E-state index contributed by atoms with van der Waals surface area (Å²) < 4.78 is 78.6. The Balaban J connectivity index is 2.04. The summed E-state index contributed by atoms with van der Waals surface area (Å²) in [6.45, 7) is 0. The van der Waals surface area contributed by atoms with E-state index >= 15 is 8.78 Å². The smallest absolute Gasteiger partial charge is 0.133 e. The van der Waals surface area contributed by atoms with Crippen LogP contribution in [0.25, 0.3) is 43.8 Å². The molecule has 0 saturated carbocycles. The summed E-state index contributed by atoms with van der Waals surface area (Å²) in [4.78, 5) is 0. The average molecular weight is 450 g/mol. The second-order valence-corrected chi connectivity index (χ2v) is 7.57. The van der Waals surface area contributed by atoms with E-state index in [1.54, 1.807) is 24.3 Å². The number of fused-ring (bicyclic) bond motifs is 2. The van der Waals surface area contributed by atoms with Gasteiger partial charge in [-0.3, -0.25) is 0 Å². The van der Waals surface area contributed by atoms with Crippen LogP contribution in [0.5, 0.6) is 5.75 Å². The van der Waals surface area contributed by atoms with Gasteiger partial charge in [0.1, 0.15) is 34.8 Å². The molecule has 0 radical (unpaired) electrons. The summed E-state index contributed by atoms with van der Waals surface area (Å²) >= 11 is 0. The maximum atomic E-state index is 15.3. The molecule has 0 spiro atoms. The average Bonchev–Trinajstić information content (AvgIpc) is 2.80. The maximum absolute atomic E-state index is 15.3. The lowest BCUT2D eigenvalue weighted by Crippen LogP contribution is -1.98. The monoisotopic (exact) mass is 450 g/mol. The van der Waals surface area contributed by atoms with Gasteiger partial charge in [-0.1, -0.05) is 18.2 Å². The summed E-state index contributed by atoms with van der Waals surface area (Å²) in [5, 5.41) is 0.253. The molecule has 0 aromatic heterocycles. The third-order valence-electron chi connectivity index (χ3n) is 5.70. The van der Waals surface area contributed by atoms with E-state index < -0.39 is 29.1 Å². The van der Waals surface area contributed by atoms with Gasteiger partial charge in [0, 0.05) is 33.5 Å². The molecule has 0 heterocycles. The number of ether oxygens (including phenoxy) is 1. The molecule has 0 unspecified atom stereocenters. The summed E-state index contributed by atoms with van der Waals surface area (Å²) in [5.41, 5.74) is 0.646. The predicted molar refractivity (Wildman–Crippen MR) is 119 cm³/mol. The van der Waals surface area contributed by atoms with Gasteiger partial charge in [-0.15, -0.1) is 0 Å². The molecule has 5 aromatic carbocycles. The fourth-order valence-corrected chi connectivity index (χ4v) is 4.28. The fraction of sp³-hybridized carbons (Fsp3) is 0.0370. The van der Waals surface area contributed by atoms with E-state index in [2.05, 4.69) is 0 Å². The molecule has 0 aliphatic carbocycles. The summed E-state index contributed by atoms with van der Waals surface area (Å²) in [5.74, 6) is -3.34. The Morgan fingerprint density at radius 1 is 0.545 bits per heavy atom. The molecule has 33 heavy (non-hydrogen) atoms. The highest BCUT2D eigenvalue weighted by Crippen LogP contribution is 2.46. The Bertz CT molecular complexity index is 1540. The molecule has 5 aromatic rings. The number of benzene rings is 5. The van der Waals surface area contributed by atoms with Crippen LogP contribution in [-0.4, -0.2) is 7.11 Å². The van der Waals surface area contributed by atoms with Crippen molar-refractivity contribution in [2.45, 2.75) is 0 Å². The Morgan fingerprint density at radius 2 is 1.15 bits per heavy atom. The zero-order chi connectivity index (χ0) is 23.3. The summed E-state index contributed by atoms with van der Waals surface area (Å²) in [6, 6.07) is 15.2. The number of hydrogen-bond donors (Lipinski definition) is 0. The third-order valence-corrected chi connectivity index (χ3v) is 5.70. The highest BCUT2D eigenvalue weighted by molar-refractivity contribution is 6.21. The van der Waals surface area contributed by atoms with E-state index in [0.29, 0.717) is 22.8 Å². The molecule has 0 aliphatic heterocycles. The first-order chi connectivity index (χ1) is 15.9. The van der Waals surface area contributed by atoms with Gasteiger partial charge in [0.2, 0.25) is 0 Å². The van der Waals surface area contributed by atoms with Crippen molar-refractivity contribution in [2.75, 3.05) is 7.11 Å². The van der Waals surface area contributed by atoms with Gasteiger partial charge in [0.05, 0.1) is 7.11 Å². The van der Waals surface area contributed by atoms with Gasteiger partial charge >= 0.3 is 0 Å². The Morgan fingerprint density at radius 3 is 1.79 bits per heavy atom. The van der Waals surface area contributed by atoms with Crippen molar-refractivity contribution in [3.63, 3.8) is 0 Å². The number of rotatable bonds is 3. The van der Waals surface area contributed by atoms with E-state index in [0.717, 1.165) is 24.3 Å². The summed E-state index contributed by atoms with van der Waals surface area (Å²) in [7, 11) is 1.50. The van der Waals surface area contributed by atoms with Gasteiger partial charge in [0.25, 0.3) is 0 Å². The lowest BCUT2D eigenvalue weighted by Gasteiger charge is -2.19. The third kappa shape index (κ3) is 3.39. The second kappa shape index (κ2) is 7.89. The van der Waals surface area contributed by atoms with Crippen LogP contribution in [0.2, 0.25) is 0 Å². The van der Waals surface area contributed by atoms with Crippen LogP contribution in [0, 0.1) is 29.1 Å². The van der Waals surface area contributed by atoms with Crippen LogP contribution in [-0.2, 0) is 0 Å². The zero-order valence-electron chi connectivity index (χ0n) is 17.2. The first-order valence-corrected chi connectivity index (χ1v) is 10.0. The van der Waals surface area contributed by atoms with Crippen LogP contribution in [0.1, 0.15) is 0 Å².